The number of hydrogen-bond donors (Lipinski definition) is 1. The molecule has 0 aliphatic heterocycles. The summed E-state index contributed by atoms with van der Waals surface area (Å²) in [5.74, 6) is 0.688. The molecule has 0 spiro atoms. The SMILES string of the molecule is Cc1ccc(NCCCCOc2ccc(Cl)cc2Cl)c(C)c1. The lowest BCUT2D eigenvalue weighted by molar-refractivity contribution is 0.308. The number of hydrogen-bond acceptors (Lipinski definition) is 2. The van der Waals surface area contributed by atoms with Crippen LogP contribution in [-0.2, 0) is 0 Å². The number of aryl methyl sites for hydroxylation is 2. The van der Waals surface area contributed by atoms with Crippen molar-refractivity contribution in [3.63, 3.8) is 0 Å². The van der Waals surface area contributed by atoms with Crippen LogP contribution in [0, 0.1) is 13.8 Å². The van der Waals surface area contributed by atoms with E-state index >= 15 is 0 Å². The molecule has 2 nitrogen and oxygen atoms in total. The maximum Gasteiger partial charge on any atom is 0.137 e. The summed E-state index contributed by atoms with van der Waals surface area (Å²) in [6.07, 6.45) is 2.01. The van der Waals surface area contributed by atoms with E-state index in [0.717, 1.165) is 19.4 Å². The summed E-state index contributed by atoms with van der Waals surface area (Å²) in [6, 6.07) is 11.7. The summed E-state index contributed by atoms with van der Waals surface area (Å²) < 4.78 is 5.67. The smallest absolute Gasteiger partial charge is 0.137 e. The molecule has 0 aliphatic carbocycles. The lowest BCUT2D eigenvalue weighted by atomic mass is 10.1. The zero-order chi connectivity index (χ0) is 15.9. The molecule has 2 rings (SSSR count). The Labute approximate surface area is 142 Å². The molecule has 1 N–H and O–H groups in total. The Hall–Kier alpha value is -1.38. The van der Waals surface area contributed by atoms with Crippen molar-refractivity contribution in [2.24, 2.45) is 0 Å². The predicted octanol–water partition coefficient (Wildman–Crippen LogP) is 5.88. The van der Waals surface area contributed by atoms with Crippen LogP contribution in [0.4, 0.5) is 5.69 Å². The third-order valence-electron chi connectivity index (χ3n) is 3.42. The number of anilines is 1. The highest BCUT2D eigenvalue weighted by atomic mass is 35.5. The summed E-state index contributed by atoms with van der Waals surface area (Å²) in [5, 5.41) is 4.64. The van der Waals surface area contributed by atoms with E-state index in [0.29, 0.717) is 22.4 Å². The van der Waals surface area contributed by atoms with E-state index in [1.165, 1.54) is 16.8 Å². The van der Waals surface area contributed by atoms with Gasteiger partial charge in [0.2, 0.25) is 0 Å². The topological polar surface area (TPSA) is 21.3 Å². The van der Waals surface area contributed by atoms with Crippen molar-refractivity contribution in [2.45, 2.75) is 26.7 Å². The van der Waals surface area contributed by atoms with Crippen molar-refractivity contribution < 1.29 is 4.74 Å². The lowest BCUT2D eigenvalue weighted by Gasteiger charge is -2.11. The molecule has 0 fully saturated rings. The number of ether oxygens (including phenoxy) is 1. The molecule has 0 bridgehead atoms. The van der Waals surface area contributed by atoms with Crippen LogP contribution in [0.25, 0.3) is 0 Å². The molecule has 0 amide bonds. The molecule has 0 atom stereocenters. The van der Waals surface area contributed by atoms with Crippen LogP contribution < -0.4 is 10.1 Å². The Balaban J connectivity index is 1.67. The highest BCUT2D eigenvalue weighted by molar-refractivity contribution is 6.35. The Kier molecular flexibility index (Phi) is 6.41. The van der Waals surface area contributed by atoms with Gasteiger partial charge in [0.25, 0.3) is 0 Å². The van der Waals surface area contributed by atoms with Gasteiger partial charge in [0.05, 0.1) is 11.6 Å². The van der Waals surface area contributed by atoms with Gasteiger partial charge in [0, 0.05) is 17.3 Å². The van der Waals surface area contributed by atoms with Crippen LogP contribution in [0.5, 0.6) is 5.75 Å². The highest BCUT2D eigenvalue weighted by Crippen LogP contribution is 2.27. The van der Waals surface area contributed by atoms with E-state index in [-0.39, 0.29) is 0 Å². The summed E-state index contributed by atoms with van der Waals surface area (Å²) in [5.41, 5.74) is 3.77. The van der Waals surface area contributed by atoms with Gasteiger partial charge in [0.1, 0.15) is 5.75 Å². The Morgan fingerprint density at radius 2 is 1.82 bits per heavy atom. The Bertz CT molecular complexity index is 573. The van der Waals surface area contributed by atoms with Gasteiger partial charge < -0.3 is 10.1 Å². The Morgan fingerprint density at radius 3 is 2.55 bits per heavy atom. The second kappa shape index (κ2) is 8.30. The third kappa shape index (κ3) is 5.11. The van der Waals surface area contributed by atoms with Crippen molar-refractivity contribution in [1.29, 1.82) is 0 Å². The molecule has 2 aromatic carbocycles. The fourth-order valence-electron chi connectivity index (χ4n) is 2.24. The van der Waals surface area contributed by atoms with Gasteiger partial charge >= 0.3 is 0 Å². The molecule has 0 saturated carbocycles. The minimum Gasteiger partial charge on any atom is -0.492 e. The standard InChI is InChI=1S/C18H21Cl2NO/c1-13-5-7-17(14(2)11-13)21-9-3-4-10-22-18-8-6-15(19)12-16(18)20/h5-8,11-12,21H,3-4,9-10H2,1-2H3. The molecule has 2 aromatic rings. The van der Waals surface area contributed by atoms with Crippen molar-refractivity contribution in [3.8, 4) is 5.75 Å². The minimum absolute atomic E-state index is 0.556. The molecule has 0 aromatic heterocycles. The van der Waals surface area contributed by atoms with E-state index in [1.807, 2.05) is 0 Å². The van der Waals surface area contributed by atoms with Crippen molar-refractivity contribution in [1.82, 2.24) is 0 Å². The zero-order valence-corrected chi connectivity index (χ0v) is 14.5. The van der Waals surface area contributed by atoms with Crippen LogP contribution in [-0.4, -0.2) is 13.2 Å². The molecule has 0 unspecified atom stereocenters. The molecule has 0 heterocycles. The van der Waals surface area contributed by atoms with Crippen LogP contribution in [0.2, 0.25) is 10.0 Å². The van der Waals surface area contributed by atoms with Gasteiger partial charge in [0.15, 0.2) is 0 Å². The van der Waals surface area contributed by atoms with E-state index in [9.17, 15) is 0 Å². The first kappa shape index (κ1) is 17.0. The monoisotopic (exact) mass is 337 g/mol. The summed E-state index contributed by atoms with van der Waals surface area (Å²) >= 11 is 11.9. The lowest BCUT2D eigenvalue weighted by Crippen LogP contribution is -2.06. The van der Waals surface area contributed by atoms with Crippen molar-refractivity contribution in [3.05, 3.63) is 57.6 Å². The molecule has 22 heavy (non-hydrogen) atoms. The van der Waals surface area contributed by atoms with Crippen molar-refractivity contribution in [2.75, 3.05) is 18.5 Å². The van der Waals surface area contributed by atoms with Gasteiger partial charge in [-0.05, 0) is 56.5 Å². The summed E-state index contributed by atoms with van der Waals surface area (Å²) in [6.45, 7) is 5.81. The van der Waals surface area contributed by atoms with Gasteiger partial charge in [-0.3, -0.25) is 0 Å². The number of nitrogens with one attached hydrogen (secondary N) is 1. The zero-order valence-electron chi connectivity index (χ0n) is 13.0. The van der Waals surface area contributed by atoms with E-state index in [4.69, 9.17) is 27.9 Å². The van der Waals surface area contributed by atoms with Gasteiger partial charge in [-0.2, -0.15) is 0 Å². The summed E-state index contributed by atoms with van der Waals surface area (Å²) in [4.78, 5) is 0. The first-order valence-electron chi connectivity index (χ1n) is 7.45. The molecule has 0 saturated heterocycles. The van der Waals surface area contributed by atoms with Gasteiger partial charge in [-0.15, -0.1) is 0 Å². The van der Waals surface area contributed by atoms with Crippen molar-refractivity contribution >= 4 is 28.9 Å². The third-order valence-corrected chi connectivity index (χ3v) is 3.95. The van der Waals surface area contributed by atoms with Crippen LogP contribution in [0.15, 0.2) is 36.4 Å². The fourth-order valence-corrected chi connectivity index (χ4v) is 2.70. The first-order valence-corrected chi connectivity index (χ1v) is 8.21. The van der Waals surface area contributed by atoms with E-state index in [2.05, 4.69) is 37.4 Å². The second-order valence-corrected chi connectivity index (χ2v) is 6.22. The maximum absolute atomic E-state index is 6.06. The predicted molar refractivity (Wildman–Crippen MR) is 95.6 cm³/mol. The molecule has 0 aliphatic rings. The fraction of sp³-hybridized carbons (Fsp3) is 0.333. The molecule has 4 heteroatoms. The number of rotatable bonds is 7. The first-order chi connectivity index (χ1) is 10.6. The van der Waals surface area contributed by atoms with Gasteiger partial charge in [-0.25, -0.2) is 0 Å². The second-order valence-electron chi connectivity index (χ2n) is 5.38. The average molecular weight is 338 g/mol. The molecule has 0 radical (unpaired) electrons. The van der Waals surface area contributed by atoms with Crippen LogP contribution in [0.3, 0.4) is 0 Å². The minimum atomic E-state index is 0.556. The average Bonchev–Trinajstić information content (AvgIpc) is 2.46. The number of benzene rings is 2. The normalized spacial score (nSPS) is 10.5. The maximum atomic E-state index is 6.06. The van der Waals surface area contributed by atoms with Crippen LogP contribution in [0.1, 0.15) is 24.0 Å². The number of unbranched alkanes of at least 4 members (excludes halogenated alkanes) is 1. The largest absolute Gasteiger partial charge is 0.492 e. The van der Waals surface area contributed by atoms with E-state index in [1.54, 1.807) is 18.2 Å². The summed E-state index contributed by atoms with van der Waals surface area (Å²) in [7, 11) is 0. The molecular weight excluding hydrogens is 317 g/mol. The number of halogens is 2. The van der Waals surface area contributed by atoms with Gasteiger partial charge in [-0.1, -0.05) is 40.9 Å². The quantitative estimate of drug-likeness (QED) is 0.636. The molecular formula is C18H21Cl2NO. The molecule has 118 valence electrons. The highest BCUT2D eigenvalue weighted by Gasteiger charge is 2.02. The van der Waals surface area contributed by atoms with E-state index < -0.39 is 0 Å². The Morgan fingerprint density at radius 1 is 1.00 bits per heavy atom. The van der Waals surface area contributed by atoms with Crippen LogP contribution >= 0.6 is 23.2 Å².